The Balaban J connectivity index is 1.71. The lowest BCUT2D eigenvalue weighted by molar-refractivity contribution is 0.0952. The van der Waals surface area contributed by atoms with Gasteiger partial charge in [-0.3, -0.25) is 4.79 Å². The Labute approximate surface area is 183 Å². The second-order valence-corrected chi connectivity index (χ2v) is 10.1. The van der Waals surface area contributed by atoms with Crippen molar-refractivity contribution in [2.24, 2.45) is 11.8 Å². The van der Waals surface area contributed by atoms with Gasteiger partial charge in [0.15, 0.2) is 5.82 Å². The normalized spacial score (nSPS) is 19.9. The van der Waals surface area contributed by atoms with Gasteiger partial charge in [-0.1, -0.05) is 19.0 Å². The van der Waals surface area contributed by atoms with Crippen LogP contribution in [0, 0.1) is 18.8 Å². The van der Waals surface area contributed by atoms with Crippen LogP contribution in [-0.4, -0.2) is 55.5 Å². The summed E-state index contributed by atoms with van der Waals surface area (Å²) in [4.78, 5) is 16.7. The predicted molar refractivity (Wildman–Crippen MR) is 114 cm³/mol. The molecule has 1 N–H and O–H groups in total. The fourth-order valence-corrected chi connectivity index (χ4v) is 5.81. The van der Waals surface area contributed by atoms with Gasteiger partial charge >= 0.3 is 0 Å². The molecule has 1 amide bonds. The monoisotopic (exact) mass is 450 g/mol. The Morgan fingerprint density at radius 3 is 2.61 bits per heavy atom. The number of methoxy groups -OCH3 is 1. The summed E-state index contributed by atoms with van der Waals surface area (Å²) in [6, 6.07) is 4.49. The van der Waals surface area contributed by atoms with Gasteiger partial charge in [-0.2, -0.15) is 9.29 Å². The summed E-state index contributed by atoms with van der Waals surface area (Å²) < 4.78 is 38.5. The molecule has 2 heterocycles. The Kier molecular flexibility index (Phi) is 7.32. The maximum Gasteiger partial charge on any atom is 0.251 e. The van der Waals surface area contributed by atoms with Gasteiger partial charge in [0.2, 0.25) is 15.9 Å². The van der Waals surface area contributed by atoms with Crippen molar-refractivity contribution in [2.75, 3.05) is 26.7 Å². The minimum Gasteiger partial charge on any atom is -0.495 e. The van der Waals surface area contributed by atoms with E-state index in [0.717, 1.165) is 6.42 Å². The molecule has 2 atom stereocenters. The fourth-order valence-electron chi connectivity index (χ4n) is 3.95. The highest BCUT2D eigenvalue weighted by atomic mass is 32.2. The number of hydrogen-bond donors (Lipinski definition) is 1. The Morgan fingerprint density at radius 2 is 2.00 bits per heavy atom. The van der Waals surface area contributed by atoms with Gasteiger partial charge in [-0.15, -0.1) is 0 Å². The summed E-state index contributed by atoms with van der Waals surface area (Å²) in [5.41, 5.74) is 0.270. The van der Waals surface area contributed by atoms with E-state index in [9.17, 15) is 13.2 Å². The van der Waals surface area contributed by atoms with Crippen molar-refractivity contribution in [3.63, 3.8) is 0 Å². The smallest absolute Gasteiger partial charge is 0.251 e. The molecule has 0 aliphatic carbocycles. The zero-order valence-corrected chi connectivity index (χ0v) is 19.2. The first-order chi connectivity index (χ1) is 14.7. The third kappa shape index (κ3) is 5.62. The highest BCUT2D eigenvalue weighted by molar-refractivity contribution is 7.89. The molecule has 1 aromatic carbocycles. The minimum absolute atomic E-state index is 0.0188. The van der Waals surface area contributed by atoms with Crippen LogP contribution in [0.25, 0.3) is 0 Å². The van der Waals surface area contributed by atoms with E-state index in [4.69, 9.17) is 9.26 Å². The van der Waals surface area contributed by atoms with Crippen molar-refractivity contribution in [3.05, 3.63) is 35.5 Å². The van der Waals surface area contributed by atoms with E-state index in [2.05, 4.69) is 29.3 Å². The number of benzene rings is 1. The molecule has 0 spiro atoms. The van der Waals surface area contributed by atoms with Crippen molar-refractivity contribution in [1.29, 1.82) is 0 Å². The van der Waals surface area contributed by atoms with Gasteiger partial charge in [0.1, 0.15) is 10.6 Å². The van der Waals surface area contributed by atoms with E-state index in [0.29, 0.717) is 44.2 Å². The van der Waals surface area contributed by atoms with E-state index in [1.54, 1.807) is 13.0 Å². The van der Waals surface area contributed by atoms with Gasteiger partial charge in [-0.25, -0.2) is 8.42 Å². The number of amides is 1. The molecule has 1 aromatic heterocycles. The number of hydrogen-bond acceptors (Lipinski definition) is 7. The quantitative estimate of drug-likeness (QED) is 0.614. The zero-order valence-electron chi connectivity index (χ0n) is 18.4. The first kappa shape index (κ1) is 23.2. The number of aryl methyl sites for hydroxylation is 2. The number of sulfonamides is 1. The molecule has 2 unspecified atom stereocenters. The molecule has 1 fully saturated rings. The highest BCUT2D eigenvalue weighted by Gasteiger charge is 2.34. The van der Waals surface area contributed by atoms with Crippen molar-refractivity contribution < 1.29 is 22.5 Å². The topological polar surface area (TPSA) is 115 Å². The number of carbonyl (C=O) groups excluding carboxylic acids is 1. The van der Waals surface area contributed by atoms with Crippen molar-refractivity contribution in [3.8, 4) is 5.75 Å². The highest BCUT2D eigenvalue weighted by Crippen LogP contribution is 2.32. The number of nitrogens with zero attached hydrogens (tertiary/aromatic N) is 3. The zero-order chi connectivity index (χ0) is 22.6. The molecule has 170 valence electrons. The lowest BCUT2D eigenvalue weighted by Gasteiger charge is -2.34. The molecule has 1 aliphatic heterocycles. The molecule has 0 radical (unpaired) electrons. The number of aromatic nitrogens is 2. The van der Waals surface area contributed by atoms with Gasteiger partial charge in [0, 0.05) is 31.6 Å². The number of piperidine rings is 1. The van der Waals surface area contributed by atoms with Crippen molar-refractivity contribution in [2.45, 2.75) is 44.9 Å². The fraction of sp³-hybridized carbons (Fsp3) is 0.571. The second-order valence-electron chi connectivity index (χ2n) is 8.23. The number of ether oxygens (including phenoxy) is 1. The summed E-state index contributed by atoms with van der Waals surface area (Å²) in [5.74, 6) is 1.53. The number of nitrogens with one attached hydrogen (secondary N) is 1. The van der Waals surface area contributed by atoms with Crippen LogP contribution in [0.4, 0.5) is 0 Å². The lowest BCUT2D eigenvalue weighted by Crippen LogP contribution is -2.42. The average molecular weight is 451 g/mol. The molecular formula is C21H30N4O5S. The van der Waals surface area contributed by atoms with Crippen LogP contribution in [0.5, 0.6) is 5.75 Å². The molecule has 3 rings (SSSR count). The van der Waals surface area contributed by atoms with E-state index in [-0.39, 0.29) is 34.0 Å². The van der Waals surface area contributed by atoms with Crippen LogP contribution in [0.3, 0.4) is 0 Å². The SMILES string of the molecule is COc1ccc(C(=O)NCCCc2nc(C)no2)cc1S(=O)(=O)N1CC(C)CC(C)C1. The summed E-state index contributed by atoms with van der Waals surface area (Å²) in [6.45, 7) is 7.16. The maximum atomic E-state index is 13.3. The van der Waals surface area contributed by atoms with Gasteiger partial charge in [0.25, 0.3) is 5.91 Å². The molecule has 2 aromatic rings. The molecule has 9 nitrogen and oxygen atoms in total. The molecule has 1 aliphatic rings. The van der Waals surface area contributed by atoms with Crippen molar-refractivity contribution >= 4 is 15.9 Å². The average Bonchev–Trinajstić information content (AvgIpc) is 3.14. The summed E-state index contributed by atoms with van der Waals surface area (Å²) in [5, 5.41) is 6.54. The van der Waals surface area contributed by atoms with Crippen molar-refractivity contribution in [1.82, 2.24) is 19.8 Å². The van der Waals surface area contributed by atoms with Gasteiger partial charge in [0.05, 0.1) is 7.11 Å². The Bertz CT molecular complexity index is 1010. The molecule has 10 heteroatoms. The molecular weight excluding hydrogens is 420 g/mol. The molecule has 0 saturated carbocycles. The summed E-state index contributed by atoms with van der Waals surface area (Å²) >= 11 is 0. The van der Waals surface area contributed by atoms with Crippen LogP contribution in [0.2, 0.25) is 0 Å². The van der Waals surface area contributed by atoms with E-state index < -0.39 is 10.0 Å². The molecule has 1 saturated heterocycles. The van der Waals surface area contributed by atoms with Crippen LogP contribution >= 0.6 is 0 Å². The number of rotatable bonds is 8. The van der Waals surface area contributed by atoms with E-state index >= 15 is 0 Å². The third-order valence-electron chi connectivity index (χ3n) is 5.30. The Morgan fingerprint density at radius 1 is 1.29 bits per heavy atom. The lowest BCUT2D eigenvalue weighted by atomic mass is 9.94. The van der Waals surface area contributed by atoms with E-state index in [1.165, 1.54) is 23.5 Å². The van der Waals surface area contributed by atoms with E-state index in [1.807, 2.05) is 0 Å². The minimum atomic E-state index is -3.78. The maximum absolute atomic E-state index is 13.3. The predicted octanol–water partition coefficient (Wildman–Crippen LogP) is 2.42. The second kappa shape index (κ2) is 9.78. The van der Waals surface area contributed by atoms with Gasteiger partial charge < -0.3 is 14.6 Å². The first-order valence-electron chi connectivity index (χ1n) is 10.5. The molecule has 0 bridgehead atoms. The van der Waals surface area contributed by atoms with Crippen LogP contribution in [-0.2, 0) is 16.4 Å². The summed E-state index contributed by atoms with van der Waals surface area (Å²) in [7, 11) is -2.36. The Hall–Kier alpha value is -2.46. The summed E-state index contributed by atoms with van der Waals surface area (Å²) in [6.07, 6.45) is 2.17. The van der Waals surface area contributed by atoms with Crippen LogP contribution < -0.4 is 10.1 Å². The molecule has 31 heavy (non-hydrogen) atoms. The number of carbonyl (C=O) groups is 1. The van der Waals surface area contributed by atoms with Gasteiger partial charge in [-0.05, 0) is 49.8 Å². The van der Waals surface area contributed by atoms with Crippen LogP contribution in [0.15, 0.2) is 27.6 Å². The van der Waals surface area contributed by atoms with Crippen LogP contribution in [0.1, 0.15) is 48.8 Å². The standard InChI is InChI=1S/C21H30N4O5S/c1-14-10-15(2)13-25(12-14)31(27,28)19-11-17(7-8-18(19)29-4)21(26)22-9-5-6-20-23-16(3)24-30-20/h7-8,11,14-15H,5-6,9-10,12-13H2,1-4H3,(H,22,26). The first-order valence-corrected chi connectivity index (χ1v) is 11.9. The third-order valence-corrected chi connectivity index (χ3v) is 7.15. The largest absolute Gasteiger partial charge is 0.495 e.